The molecule has 0 spiro atoms. The molecule has 132 valence electrons. The summed E-state index contributed by atoms with van der Waals surface area (Å²) in [4.78, 5) is 12.1. The maximum Gasteiger partial charge on any atom is 0.271 e. The fourth-order valence-electron chi connectivity index (χ4n) is 2.23. The largest absolute Gasteiger partial charge is 0.494 e. The van der Waals surface area contributed by atoms with E-state index in [9.17, 15) is 4.79 Å². The Hall–Kier alpha value is -2.33. The number of nitrogens with zero attached hydrogens (tertiary/aromatic N) is 1. The molecule has 0 unspecified atom stereocenters. The molecule has 1 amide bonds. The van der Waals surface area contributed by atoms with Gasteiger partial charge in [0.1, 0.15) is 5.75 Å². The van der Waals surface area contributed by atoms with Gasteiger partial charge in [0.05, 0.1) is 12.8 Å². The third-order valence-corrected chi connectivity index (χ3v) is 4.00. The standard InChI is InChI=1S/C20H23ClN2O2/c1-2-3-4-7-14-25-18-12-10-16(11-13-18)20(24)23-22-15-17-8-5-6-9-19(17)21/h5-6,8-13,15H,2-4,7,14H2,1H3,(H,23,24)/b22-15+. The molecule has 5 heteroatoms. The Morgan fingerprint density at radius 3 is 2.60 bits per heavy atom. The Balaban J connectivity index is 1.81. The van der Waals surface area contributed by atoms with Crippen molar-refractivity contribution in [1.29, 1.82) is 0 Å². The van der Waals surface area contributed by atoms with Gasteiger partial charge in [0.15, 0.2) is 0 Å². The van der Waals surface area contributed by atoms with Crippen molar-refractivity contribution in [3.8, 4) is 5.75 Å². The van der Waals surface area contributed by atoms with E-state index in [4.69, 9.17) is 16.3 Å². The van der Waals surface area contributed by atoms with Gasteiger partial charge in [-0.25, -0.2) is 5.43 Å². The molecule has 0 saturated carbocycles. The topological polar surface area (TPSA) is 50.7 Å². The van der Waals surface area contributed by atoms with Crippen molar-refractivity contribution in [1.82, 2.24) is 5.43 Å². The van der Waals surface area contributed by atoms with Crippen molar-refractivity contribution in [3.63, 3.8) is 0 Å². The molecule has 0 saturated heterocycles. The summed E-state index contributed by atoms with van der Waals surface area (Å²) in [6, 6.07) is 14.3. The van der Waals surface area contributed by atoms with Gasteiger partial charge in [0, 0.05) is 16.1 Å². The lowest BCUT2D eigenvalue weighted by Crippen LogP contribution is -2.17. The molecule has 2 rings (SSSR count). The first-order valence-electron chi connectivity index (χ1n) is 8.51. The molecule has 0 aromatic heterocycles. The van der Waals surface area contributed by atoms with E-state index in [2.05, 4.69) is 17.5 Å². The zero-order valence-electron chi connectivity index (χ0n) is 14.4. The van der Waals surface area contributed by atoms with Crippen molar-refractivity contribution in [2.45, 2.75) is 32.6 Å². The van der Waals surface area contributed by atoms with E-state index in [1.807, 2.05) is 18.2 Å². The summed E-state index contributed by atoms with van der Waals surface area (Å²) < 4.78 is 5.66. The van der Waals surface area contributed by atoms with Crippen LogP contribution in [0.2, 0.25) is 5.02 Å². The minimum atomic E-state index is -0.280. The third-order valence-electron chi connectivity index (χ3n) is 3.66. The van der Waals surface area contributed by atoms with Crippen LogP contribution in [0, 0.1) is 0 Å². The van der Waals surface area contributed by atoms with Crippen LogP contribution in [0.15, 0.2) is 53.6 Å². The average molecular weight is 359 g/mol. The van der Waals surface area contributed by atoms with Crippen LogP contribution in [-0.2, 0) is 0 Å². The fourth-order valence-corrected chi connectivity index (χ4v) is 2.41. The molecule has 0 atom stereocenters. The number of hydrogen-bond donors (Lipinski definition) is 1. The number of hydrogen-bond acceptors (Lipinski definition) is 3. The van der Waals surface area contributed by atoms with Crippen LogP contribution < -0.4 is 10.2 Å². The van der Waals surface area contributed by atoms with Crippen LogP contribution in [0.4, 0.5) is 0 Å². The van der Waals surface area contributed by atoms with Crippen molar-refractivity contribution >= 4 is 23.7 Å². The van der Waals surface area contributed by atoms with E-state index in [0.29, 0.717) is 17.2 Å². The quantitative estimate of drug-likeness (QED) is 0.387. The van der Waals surface area contributed by atoms with Crippen LogP contribution in [0.1, 0.15) is 48.5 Å². The number of carbonyl (C=O) groups is 1. The van der Waals surface area contributed by atoms with Crippen molar-refractivity contribution in [2.75, 3.05) is 6.61 Å². The van der Waals surface area contributed by atoms with E-state index >= 15 is 0 Å². The van der Waals surface area contributed by atoms with Gasteiger partial charge in [-0.3, -0.25) is 4.79 Å². The minimum Gasteiger partial charge on any atom is -0.494 e. The first-order valence-corrected chi connectivity index (χ1v) is 8.89. The Kier molecular flexibility index (Phi) is 7.99. The van der Waals surface area contributed by atoms with E-state index < -0.39 is 0 Å². The normalized spacial score (nSPS) is 10.8. The summed E-state index contributed by atoms with van der Waals surface area (Å²) in [6.07, 6.45) is 6.20. The number of hydrazone groups is 1. The minimum absolute atomic E-state index is 0.280. The average Bonchev–Trinajstić information content (AvgIpc) is 2.63. The van der Waals surface area contributed by atoms with Crippen LogP contribution in [0.5, 0.6) is 5.75 Å². The number of benzene rings is 2. The van der Waals surface area contributed by atoms with Gasteiger partial charge in [0.25, 0.3) is 5.91 Å². The lowest BCUT2D eigenvalue weighted by molar-refractivity contribution is 0.0955. The van der Waals surface area contributed by atoms with E-state index in [-0.39, 0.29) is 5.91 Å². The lowest BCUT2D eigenvalue weighted by Gasteiger charge is -2.06. The molecule has 0 aliphatic heterocycles. The fraction of sp³-hybridized carbons (Fsp3) is 0.300. The number of unbranched alkanes of at least 4 members (excludes halogenated alkanes) is 3. The number of nitrogens with one attached hydrogen (secondary N) is 1. The van der Waals surface area contributed by atoms with Gasteiger partial charge in [0.2, 0.25) is 0 Å². The van der Waals surface area contributed by atoms with Gasteiger partial charge in [-0.15, -0.1) is 0 Å². The predicted molar refractivity (Wildman–Crippen MR) is 103 cm³/mol. The predicted octanol–water partition coefficient (Wildman–Crippen LogP) is 5.06. The van der Waals surface area contributed by atoms with E-state index in [0.717, 1.165) is 17.7 Å². The summed E-state index contributed by atoms with van der Waals surface area (Å²) in [5.41, 5.74) is 3.76. The molecule has 0 fully saturated rings. The number of carbonyl (C=O) groups excluding carboxylic acids is 1. The van der Waals surface area contributed by atoms with Crippen LogP contribution in [0.25, 0.3) is 0 Å². The second-order valence-corrected chi connectivity index (χ2v) is 6.06. The van der Waals surface area contributed by atoms with Gasteiger partial charge in [-0.05, 0) is 36.8 Å². The number of halogens is 1. The van der Waals surface area contributed by atoms with Gasteiger partial charge >= 0.3 is 0 Å². The second kappa shape index (κ2) is 10.5. The molecule has 0 radical (unpaired) electrons. The van der Waals surface area contributed by atoms with Gasteiger partial charge in [-0.1, -0.05) is 56.0 Å². The number of amides is 1. The van der Waals surface area contributed by atoms with E-state index in [1.165, 1.54) is 25.5 Å². The van der Waals surface area contributed by atoms with Crippen LogP contribution in [0.3, 0.4) is 0 Å². The molecular formula is C20H23ClN2O2. The smallest absolute Gasteiger partial charge is 0.271 e. The SMILES string of the molecule is CCCCCCOc1ccc(C(=O)N/N=C/c2ccccc2Cl)cc1. The summed E-state index contributed by atoms with van der Waals surface area (Å²) in [5.74, 6) is 0.491. The highest BCUT2D eigenvalue weighted by Gasteiger charge is 2.04. The monoisotopic (exact) mass is 358 g/mol. The molecule has 4 nitrogen and oxygen atoms in total. The zero-order chi connectivity index (χ0) is 17.9. The highest BCUT2D eigenvalue weighted by Crippen LogP contribution is 2.14. The zero-order valence-corrected chi connectivity index (χ0v) is 15.1. The maximum absolute atomic E-state index is 12.1. The Morgan fingerprint density at radius 1 is 1.12 bits per heavy atom. The third kappa shape index (κ3) is 6.59. The first kappa shape index (κ1) is 19.0. The first-order chi connectivity index (χ1) is 12.2. The maximum atomic E-state index is 12.1. The summed E-state index contributed by atoms with van der Waals surface area (Å²) in [7, 11) is 0. The highest BCUT2D eigenvalue weighted by molar-refractivity contribution is 6.33. The Labute approximate surface area is 153 Å². The molecule has 0 heterocycles. The Morgan fingerprint density at radius 2 is 1.88 bits per heavy atom. The molecule has 25 heavy (non-hydrogen) atoms. The van der Waals surface area contributed by atoms with E-state index in [1.54, 1.807) is 30.3 Å². The van der Waals surface area contributed by atoms with Crippen molar-refractivity contribution in [3.05, 3.63) is 64.7 Å². The Bertz CT molecular complexity index is 699. The number of ether oxygens (including phenoxy) is 1. The van der Waals surface area contributed by atoms with Crippen LogP contribution in [-0.4, -0.2) is 18.7 Å². The molecular weight excluding hydrogens is 336 g/mol. The molecule has 0 bridgehead atoms. The second-order valence-electron chi connectivity index (χ2n) is 5.65. The molecule has 2 aromatic carbocycles. The molecule has 1 N–H and O–H groups in total. The summed E-state index contributed by atoms with van der Waals surface area (Å²) in [6.45, 7) is 2.89. The van der Waals surface area contributed by atoms with Crippen molar-refractivity contribution in [2.24, 2.45) is 5.10 Å². The molecule has 2 aromatic rings. The molecule has 0 aliphatic carbocycles. The number of rotatable bonds is 9. The lowest BCUT2D eigenvalue weighted by atomic mass is 10.2. The van der Waals surface area contributed by atoms with Crippen LogP contribution >= 0.6 is 11.6 Å². The molecule has 0 aliphatic rings. The summed E-state index contributed by atoms with van der Waals surface area (Å²) >= 11 is 6.03. The summed E-state index contributed by atoms with van der Waals surface area (Å²) in [5, 5.41) is 4.52. The van der Waals surface area contributed by atoms with Gasteiger partial charge in [-0.2, -0.15) is 5.10 Å². The van der Waals surface area contributed by atoms with Crippen molar-refractivity contribution < 1.29 is 9.53 Å². The highest BCUT2D eigenvalue weighted by atomic mass is 35.5. The van der Waals surface area contributed by atoms with Gasteiger partial charge < -0.3 is 4.74 Å².